The van der Waals surface area contributed by atoms with E-state index in [-0.39, 0.29) is 0 Å². The Hall–Kier alpha value is -3.78. The molecule has 4 aromatic rings. The van der Waals surface area contributed by atoms with E-state index in [4.69, 9.17) is 4.74 Å². The van der Waals surface area contributed by atoms with Gasteiger partial charge in [-0.1, -0.05) is 55.5 Å². The molecular weight excluding hydrogens is 472 g/mol. The minimum Gasteiger partial charge on any atom is -0.493 e. The minimum absolute atomic E-state index is 0.484. The average Bonchev–Trinajstić information content (AvgIpc) is 3.29. The fraction of sp³-hybridized carbons (Fsp3) is 0.250. The maximum Gasteiger partial charge on any atom is 0.310 e. The standard InChI is InChI=1S/C28H30N4O3S/c1-3-25(27(33)34)21-9-12-23(13-10-21)29-18-22-11-14-24(36-28-31-30-19-32(28)2)17-26(22)35-16-15-20-7-5-4-6-8-20/h4-14,17,19,25,29H,3,15-16,18H2,1-2H3,(H,33,34). The van der Waals surface area contributed by atoms with Crippen LogP contribution in [0.4, 0.5) is 5.69 Å². The van der Waals surface area contributed by atoms with Crippen molar-refractivity contribution in [2.45, 2.75) is 42.3 Å². The summed E-state index contributed by atoms with van der Waals surface area (Å²) in [6, 6.07) is 24.1. The first-order chi connectivity index (χ1) is 17.5. The molecule has 1 aromatic heterocycles. The highest BCUT2D eigenvalue weighted by Gasteiger charge is 2.17. The van der Waals surface area contributed by atoms with Gasteiger partial charge in [0.15, 0.2) is 5.16 Å². The highest BCUT2D eigenvalue weighted by atomic mass is 32.2. The number of carbonyl (C=O) groups is 1. The molecule has 0 fully saturated rings. The second-order valence-corrected chi connectivity index (χ2v) is 9.50. The predicted molar refractivity (Wildman–Crippen MR) is 142 cm³/mol. The number of nitrogens with zero attached hydrogens (tertiary/aromatic N) is 3. The van der Waals surface area contributed by atoms with Crippen molar-refractivity contribution in [2.24, 2.45) is 7.05 Å². The van der Waals surface area contributed by atoms with Gasteiger partial charge in [-0.3, -0.25) is 4.79 Å². The Bertz CT molecular complexity index is 1280. The van der Waals surface area contributed by atoms with Crippen LogP contribution in [-0.4, -0.2) is 32.4 Å². The molecule has 0 spiro atoms. The van der Waals surface area contributed by atoms with Gasteiger partial charge in [0.25, 0.3) is 0 Å². The lowest BCUT2D eigenvalue weighted by Crippen LogP contribution is -2.10. The Kier molecular flexibility index (Phi) is 8.62. The van der Waals surface area contributed by atoms with Crippen LogP contribution < -0.4 is 10.1 Å². The normalized spacial score (nSPS) is 11.7. The van der Waals surface area contributed by atoms with Gasteiger partial charge in [0, 0.05) is 36.2 Å². The number of aliphatic carboxylic acids is 1. The number of hydrogen-bond donors (Lipinski definition) is 2. The average molecular weight is 503 g/mol. The minimum atomic E-state index is -0.796. The largest absolute Gasteiger partial charge is 0.493 e. The maximum atomic E-state index is 11.4. The van der Waals surface area contributed by atoms with Gasteiger partial charge in [-0.25, -0.2) is 0 Å². The van der Waals surface area contributed by atoms with Crippen molar-refractivity contribution in [3.63, 3.8) is 0 Å². The molecule has 2 N–H and O–H groups in total. The number of carboxylic acid groups (broad SMARTS) is 1. The van der Waals surface area contributed by atoms with E-state index >= 15 is 0 Å². The van der Waals surface area contributed by atoms with Crippen LogP contribution in [0.1, 0.15) is 36.0 Å². The van der Waals surface area contributed by atoms with Crippen molar-refractivity contribution in [3.05, 3.63) is 95.8 Å². The molecule has 0 amide bonds. The third-order valence-corrected chi connectivity index (χ3v) is 6.95. The first kappa shape index (κ1) is 25.3. The molecule has 7 nitrogen and oxygen atoms in total. The molecule has 0 aliphatic heterocycles. The van der Waals surface area contributed by atoms with Crippen molar-refractivity contribution >= 4 is 23.4 Å². The van der Waals surface area contributed by atoms with Crippen LogP contribution >= 0.6 is 11.8 Å². The van der Waals surface area contributed by atoms with Crippen molar-refractivity contribution in [2.75, 3.05) is 11.9 Å². The molecule has 0 aliphatic rings. The Morgan fingerprint density at radius 3 is 2.56 bits per heavy atom. The van der Waals surface area contributed by atoms with Gasteiger partial charge in [-0.05, 0) is 53.6 Å². The highest BCUT2D eigenvalue weighted by Crippen LogP contribution is 2.31. The number of aryl methyl sites for hydroxylation is 1. The molecule has 1 heterocycles. The van der Waals surface area contributed by atoms with E-state index in [1.54, 1.807) is 6.33 Å². The molecule has 0 saturated heterocycles. The van der Waals surface area contributed by atoms with Gasteiger partial charge in [-0.15, -0.1) is 10.2 Å². The molecule has 4 rings (SSSR count). The van der Waals surface area contributed by atoms with Crippen LogP contribution in [0.15, 0.2) is 89.2 Å². The van der Waals surface area contributed by atoms with E-state index in [0.29, 0.717) is 19.6 Å². The summed E-state index contributed by atoms with van der Waals surface area (Å²) < 4.78 is 8.13. The Balaban J connectivity index is 1.47. The van der Waals surface area contributed by atoms with Crippen LogP contribution in [0.25, 0.3) is 0 Å². The zero-order valence-electron chi connectivity index (χ0n) is 20.4. The molecule has 0 aliphatic carbocycles. The topological polar surface area (TPSA) is 89.3 Å². The smallest absolute Gasteiger partial charge is 0.310 e. The van der Waals surface area contributed by atoms with Gasteiger partial charge >= 0.3 is 5.97 Å². The molecule has 186 valence electrons. The second kappa shape index (κ2) is 12.3. The lowest BCUT2D eigenvalue weighted by atomic mass is 9.96. The van der Waals surface area contributed by atoms with E-state index in [1.165, 1.54) is 17.3 Å². The summed E-state index contributed by atoms with van der Waals surface area (Å²) in [7, 11) is 1.92. The first-order valence-corrected chi connectivity index (χ1v) is 12.7. The number of anilines is 1. The fourth-order valence-electron chi connectivity index (χ4n) is 3.86. The Morgan fingerprint density at radius 2 is 1.89 bits per heavy atom. The lowest BCUT2D eigenvalue weighted by Gasteiger charge is -2.15. The predicted octanol–water partition coefficient (Wildman–Crippen LogP) is 5.78. The summed E-state index contributed by atoms with van der Waals surface area (Å²) in [4.78, 5) is 12.5. The van der Waals surface area contributed by atoms with Gasteiger partial charge in [-0.2, -0.15) is 0 Å². The van der Waals surface area contributed by atoms with E-state index in [0.717, 1.165) is 39.0 Å². The number of benzene rings is 3. The summed E-state index contributed by atoms with van der Waals surface area (Å²) in [5.74, 6) is -0.462. The number of hydrogen-bond acceptors (Lipinski definition) is 6. The van der Waals surface area contributed by atoms with Crippen LogP contribution in [0.2, 0.25) is 0 Å². The zero-order chi connectivity index (χ0) is 25.3. The second-order valence-electron chi connectivity index (χ2n) is 8.45. The molecule has 1 atom stereocenters. The number of ether oxygens (including phenoxy) is 1. The molecule has 0 bridgehead atoms. The van der Waals surface area contributed by atoms with Gasteiger partial charge in [0.05, 0.1) is 12.5 Å². The van der Waals surface area contributed by atoms with Crippen LogP contribution in [0.5, 0.6) is 5.75 Å². The summed E-state index contributed by atoms with van der Waals surface area (Å²) in [5, 5.41) is 21.8. The maximum absolute atomic E-state index is 11.4. The Morgan fingerprint density at radius 1 is 1.11 bits per heavy atom. The monoisotopic (exact) mass is 502 g/mol. The number of carboxylic acids is 1. The van der Waals surface area contributed by atoms with Crippen molar-refractivity contribution in [3.8, 4) is 5.75 Å². The van der Waals surface area contributed by atoms with Crippen LogP contribution in [-0.2, 0) is 24.8 Å². The summed E-state index contributed by atoms with van der Waals surface area (Å²) in [6.07, 6.45) is 3.06. The summed E-state index contributed by atoms with van der Waals surface area (Å²) >= 11 is 1.54. The van der Waals surface area contributed by atoms with Gasteiger partial charge in [0.1, 0.15) is 12.1 Å². The zero-order valence-corrected chi connectivity index (χ0v) is 21.2. The quantitative estimate of drug-likeness (QED) is 0.254. The highest BCUT2D eigenvalue weighted by molar-refractivity contribution is 7.99. The van der Waals surface area contributed by atoms with E-state index in [1.807, 2.05) is 67.1 Å². The molecule has 0 radical (unpaired) electrons. The molecule has 0 saturated carbocycles. The van der Waals surface area contributed by atoms with E-state index in [9.17, 15) is 9.90 Å². The van der Waals surface area contributed by atoms with E-state index in [2.05, 4.69) is 39.8 Å². The van der Waals surface area contributed by atoms with Gasteiger partial charge in [0.2, 0.25) is 0 Å². The number of nitrogens with one attached hydrogen (secondary N) is 1. The third kappa shape index (κ3) is 6.66. The van der Waals surface area contributed by atoms with Crippen LogP contribution in [0.3, 0.4) is 0 Å². The first-order valence-electron chi connectivity index (χ1n) is 11.9. The van der Waals surface area contributed by atoms with Crippen molar-refractivity contribution in [1.82, 2.24) is 14.8 Å². The molecule has 1 unspecified atom stereocenters. The summed E-state index contributed by atoms with van der Waals surface area (Å²) in [5.41, 5.74) is 4.00. The SMILES string of the molecule is CCC(C(=O)O)c1ccc(NCc2ccc(Sc3nncn3C)cc2OCCc2ccccc2)cc1. The number of aromatic nitrogens is 3. The molecule has 36 heavy (non-hydrogen) atoms. The fourth-order valence-corrected chi connectivity index (χ4v) is 4.65. The van der Waals surface area contributed by atoms with Crippen LogP contribution in [0, 0.1) is 0 Å². The third-order valence-electron chi connectivity index (χ3n) is 5.91. The van der Waals surface area contributed by atoms with E-state index < -0.39 is 11.9 Å². The Labute approximate surface area is 215 Å². The van der Waals surface area contributed by atoms with Crippen molar-refractivity contribution in [1.29, 1.82) is 0 Å². The molecule has 8 heteroatoms. The van der Waals surface area contributed by atoms with Crippen molar-refractivity contribution < 1.29 is 14.6 Å². The lowest BCUT2D eigenvalue weighted by molar-refractivity contribution is -0.138. The molecular formula is C28H30N4O3S. The molecule has 3 aromatic carbocycles. The van der Waals surface area contributed by atoms with Gasteiger partial charge < -0.3 is 19.7 Å². The summed E-state index contributed by atoms with van der Waals surface area (Å²) in [6.45, 7) is 3.03. The number of rotatable bonds is 12.